The summed E-state index contributed by atoms with van der Waals surface area (Å²) in [5.74, 6) is -1.09. The van der Waals surface area contributed by atoms with E-state index in [9.17, 15) is 14.4 Å². The number of carbonyl (C=O) groups excluding carboxylic acids is 3. The first-order valence-electron chi connectivity index (χ1n) is 10.1. The van der Waals surface area contributed by atoms with Crippen molar-refractivity contribution in [2.45, 2.75) is 0 Å². The van der Waals surface area contributed by atoms with E-state index in [1.54, 1.807) is 66.7 Å². The van der Waals surface area contributed by atoms with Gasteiger partial charge in [0.2, 0.25) is 5.91 Å². The number of nitrogens with one attached hydrogen (secondary N) is 3. The molecule has 0 aliphatic carbocycles. The van der Waals surface area contributed by atoms with Crippen molar-refractivity contribution < 1.29 is 18.9 Å². The van der Waals surface area contributed by atoms with Gasteiger partial charge >= 0.3 is 0 Å². The SMILES string of the molecule is C=CC(=O)Nc1cccc(C(=O)Nc2ccc(NC(=O)c3cccc(-c4cnoc4)n3)cc2)c1. The number of pyridine rings is 1. The zero-order chi connectivity index (χ0) is 23.9. The quantitative estimate of drug-likeness (QED) is 0.357. The lowest BCUT2D eigenvalue weighted by atomic mass is 10.1. The van der Waals surface area contributed by atoms with E-state index in [4.69, 9.17) is 4.52 Å². The van der Waals surface area contributed by atoms with E-state index in [0.717, 1.165) is 6.08 Å². The number of rotatable bonds is 7. The molecule has 0 bridgehead atoms. The molecule has 168 valence electrons. The van der Waals surface area contributed by atoms with Crippen molar-refractivity contribution in [2.24, 2.45) is 0 Å². The highest BCUT2D eigenvalue weighted by atomic mass is 16.5. The van der Waals surface area contributed by atoms with E-state index in [1.165, 1.54) is 12.5 Å². The van der Waals surface area contributed by atoms with Crippen LogP contribution in [0.3, 0.4) is 0 Å². The van der Waals surface area contributed by atoms with Crippen molar-refractivity contribution in [3.05, 3.63) is 103 Å². The van der Waals surface area contributed by atoms with Crippen LogP contribution in [0.25, 0.3) is 11.3 Å². The molecule has 3 amide bonds. The van der Waals surface area contributed by atoms with Crippen LogP contribution in [0.2, 0.25) is 0 Å². The van der Waals surface area contributed by atoms with Crippen molar-refractivity contribution in [1.29, 1.82) is 0 Å². The Labute approximate surface area is 194 Å². The number of benzene rings is 2. The van der Waals surface area contributed by atoms with Gasteiger partial charge in [0, 0.05) is 22.6 Å². The Bertz CT molecular complexity index is 1350. The third kappa shape index (κ3) is 5.40. The summed E-state index contributed by atoms with van der Waals surface area (Å²) >= 11 is 0. The molecule has 4 rings (SSSR count). The second kappa shape index (κ2) is 10.0. The first kappa shape index (κ1) is 22.2. The molecular weight excluding hydrogens is 434 g/mol. The number of hydrogen-bond donors (Lipinski definition) is 3. The minimum absolute atomic E-state index is 0.236. The van der Waals surface area contributed by atoms with Gasteiger partial charge in [0.05, 0.1) is 17.5 Å². The lowest BCUT2D eigenvalue weighted by Crippen LogP contribution is -2.15. The second-order valence-electron chi connectivity index (χ2n) is 7.08. The number of anilines is 3. The lowest BCUT2D eigenvalue weighted by molar-refractivity contribution is -0.111. The van der Waals surface area contributed by atoms with E-state index in [1.807, 2.05) is 0 Å². The van der Waals surface area contributed by atoms with Gasteiger partial charge < -0.3 is 20.5 Å². The van der Waals surface area contributed by atoms with Crippen LogP contribution in [-0.4, -0.2) is 27.9 Å². The van der Waals surface area contributed by atoms with E-state index >= 15 is 0 Å². The average molecular weight is 453 g/mol. The second-order valence-corrected chi connectivity index (χ2v) is 7.08. The predicted molar refractivity (Wildman–Crippen MR) is 127 cm³/mol. The Morgan fingerprint density at radius 2 is 1.53 bits per heavy atom. The van der Waals surface area contributed by atoms with Gasteiger partial charge in [0.1, 0.15) is 12.0 Å². The molecular formula is C25H19N5O4. The molecule has 9 heteroatoms. The van der Waals surface area contributed by atoms with Crippen LogP contribution in [0.15, 0.2) is 96.4 Å². The van der Waals surface area contributed by atoms with Crippen molar-refractivity contribution in [1.82, 2.24) is 10.1 Å². The summed E-state index contributed by atoms with van der Waals surface area (Å²) in [6, 6.07) is 18.3. The van der Waals surface area contributed by atoms with Crippen molar-refractivity contribution in [2.75, 3.05) is 16.0 Å². The van der Waals surface area contributed by atoms with Gasteiger partial charge in [-0.3, -0.25) is 14.4 Å². The molecule has 4 aromatic rings. The zero-order valence-electron chi connectivity index (χ0n) is 17.8. The fourth-order valence-electron chi connectivity index (χ4n) is 3.02. The molecule has 0 radical (unpaired) electrons. The van der Waals surface area contributed by atoms with E-state index in [-0.39, 0.29) is 23.4 Å². The standard InChI is InChI=1S/C25H19N5O4/c1-2-23(31)27-20-6-3-5-16(13-20)24(32)28-18-9-11-19(12-10-18)29-25(33)22-8-4-7-21(30-22)17-14-26-34-15-17/h2-15H,1H2,(H,27,31)(H,28,32)(H,29,33). The first-order valence-corrected chi connectivity index (χ1v) is 10.1. The van der Waals surface area contributed by atoms with E-state index in [0.29, 0.717) is 33.9 Å². The van der Waals surface area contributed by atoms with Gasteiger partial charge in [-0.2, -0.15) is 0 Å². The third-order valence-corrected chi connectivity index (χ3v) is 4.69. The summed E-state index contributed by atoms with van der Waals surface area (Å²) in [4.78, 5) is 40.9. The Hall–Kier alpha value is -5.05. The van der Waals surface area contributed by atoms with Crippen LogP contribution < -0.4 is 16.0 Å². The van der Waals surface area contributed by atoms with Gasteiger partial charge in [-0.15, -0.1) is 0 Å². The van der Waals surface area contributed by atoms with Gasteiger partial charge in [0.15, 0.2) is 0 Å². The molecule has 3 N–H and O–H groups in total. The average Bonchev–Trinajstić information content (AvgIpc) is 3.40. The van der Waals surface area contributed by atoms with Crippen LogP contribution in [0.4, 0.5) is 17.1 Å². The Kier molecular flexibility index (Phi) is 6.55. The van der Waals surface area contributed by atoms with Crippen molar-refractivity contribution in [3.8, 4) is 11.3 Å². The molecule has 2 heterocycles. The molecule has 2 aromatic heterocycles. The number of amides is 3. The van der Waals surface area contributed by atoms with Crippen molar-refractivity contribution >= 4 is 34.8 Å². The van der Waals surface area contributed by atoms with E-state index in [2.05, 4.69) is 32.7 Å². The molecule has 0 aliphatic rings. The van der Waals surface area contributed by atoms with Gasteiger partial charge in [0.25, 0.3) is 11.8 Å². The molecule has 0 atom stereocenters. The normalized spacial score (nSPS) is 10.2. The molecule has 0 unspecified atom stereocenters. The topological polar surface area (TPSA) is 126 Å². The minimum Gasteiger partial charge on any atom is -0.364 e. The van der Waals surface area contributed by atoms with Gasteiger partial charge in [-0.05, 0) is 60.7 Å². The first-order chi connectivity index (χ1) is 16.5. The van der Waals surface area contributed by atoms with E-state index < -0.39 is 0 Å². The third-order valence-electron chi connectivity index (χ3n) is 4.69. The Morgan fingerprint density at radius 1 is 0.824 bits per heavy atom. The lowest BCUT2D eigenvalue weighted by Gasteiger charge is -2.09. The highest BCUT2D eigenvalue weighted by Gasteiger charge is 2.11. The Morgan fingerprint density at radius 3 is 2.21 bits per heavy atom. The highest BCUT2D eigenvalue weighted by Crippen LogP contribution is 2.19. The maximum atomic E-state index is 12.6. The maximum absolute atomic E-state index is 12.6. The molecule has 2 aromatic carbocycles. The van der Waals surface area contributed by atoms with Crippen LogP contribution in [0, 0.1) is 0 Å². The summed E-state index contributed by atoms with van der Waals surface area (Å²) in [7, 11) is 0. The fraction of sp³-hybridized carbons (Fsp3) is 0. The van der Waals surface area contributed by atoms with Crippen LogP contribution in [0.1, 0.15) is 20.8 Å². The van der Waals surface area contributed by atoms with Crippen molar-refractivity contribution in [3.63, 3.8) is 0 Å². The fourth-order valence-corrected chi connectivity index (χ4v) is 3.02. The smallest absolute Gasteiger partial charge is 0.274 e. The Balaban J connectivity index is 1.39. The summed E-state index contributed by atoms with van der Waals surface area (Å²) in [6.07, 6.45) is 4.12. The minimum atomic E-state index is -0.381. The molecule has 0 saturated heterocycles. The number of carbonyl (C=O) groups is 3. The van der Waals surface area contributed by atoms with Crippen LogP contribution >= 0.6 is 0 Å². The van der Waals surface area contributed by atoms with Crippen LogP contribution in [-0.2, 0) is 4.79 Å². The molecule has 0 saturated carbocycles. The molecule has 34 heavy (non-hydrogen) atoms. The predicted octanol–water partition coefficient (Wildman–Crippen LogP) is 4.37. The largest absolute Gasteiger partial charge is 0.364 e. The number of hydrogen-bond acceptors (Lipinski definition) is 6. The molecule has 0 fully saturated rings. The zero-order valence-corrected chi connectivity index (χ0v) is 17.8. The summed E-state index contributed by atoms with van der Waals surface area (Å²) in [5.41, 5.74) is 3.41. The number of nitrogens with zero attached hydrogens (tertiary/aromatic N) is 2. The summed E-state index contributed by atoms with van der Waals surface area (Å²) < 4.78 is 4.82. The molecule has 0 spiro atoms. The summed E-state index contributed by atoms with van der Waals surface area (Å²) in [6.45, 7) is 3.40. The summed E-state index contributed by atoms with van der Waals surface area (Å²) in [5, 5.41) is 11.8. The van der Waals surface area contributed by atoms with Gasteiger partial charge in [-0.1, -0.05) is 23.9 Å². The van der Waals surface area contributed by atoms with Crippen LogP contribution in [0.5, 0.6) is 0 Å². The van der Waals surface area contributed by atoms with Gasteiger partial charge in [-0.25, -0.2) is 4.98 Å². The molecule has 9 nitrogen and oxygen atoms in total. The highest BCUT2D eigenvalue weighted by molar-refractivity contribution is 6.06. The maximum Gasteiger partial charge on any atom is 0.274 e. The monoisotopic (exact) mass is 453 g/mol. The number of aromatic nitrogens is 2. The molecule has 0 aliphatic heterocycles.